The van der Waals surface area contributed by atoms with Crippen molar-refractivity contribution in [2.75, 3.05) is 33.7 Å². The number of nitrogens with zero attached hydrogens (tertiary/aromatic N) is 2. The van der Waals surface area contributed by atoms with Crippen molar-refractivity contribution in [3.8, 4) is 0 Å². The van der Waals surface area contributed by atoms with Gasteiger partial charge in [0.25, 0.3) is 0 Å². The van der Waals surface area contributed by atoms with Crippen LogP contribution < -0.4 is 5.32 Å². The smallest absolute Gasteiger partial charge is 0.117 e. The SMILES string of the molecule is CC1CNCC(CN(C)C)N1Cc1ccco1. The van der Waals surface area contributed by atoms with E-state index in [2.05, 4.69) is 42.2 Å². The molecule has 2 rings (SSSR count). The first-order valence-electron chi connectivity index (χ1n) is 6.30. The number of furan rings is 1. The summed E-state index contributed by atoms with van der Waals surface area (Å²) in [4.78, 5) is 4.79. The molecular formula is C13H23N3O. The molecule has 2 unspecified atom stereocenters. The van der Waals surface area contributed by atoms with Crippen molar-refractivity contribution in [1.29, 1.82) is 0 Å². The van der Waals surface area contributed by atoms with E-state index in [0.717, 1.165) is 31.9 Å². The van der Waals surface area contributed by atoms with Crippen molar-refractivity contribution in [3.63, 3.8) is 0 Å². The molecule has 1 saturated heterocycles. The van der Waals surface area contributed by atoms with E-state index in [4.69, 9.17) is 4.42 Å². The van der Waals surface area contributed by atoms with Crippen molar-refractivity contribution < 1.29 is 4.42 Å². The number of hydrogen-bond donors (Lipinski definition) is 1. The van der Waals surface area contributed by atoms with Crippen LogP contribution in [0.25, 0.3) is 0 Å². The molecule has 1 aliphatic rings. The lowest BCUT2D eigenvalue weighted by Crippen LogP contribution is -2.58. The second kappa shape index (κ2) is 5.67. The van der Waals surface area contributed by atoms with E-state index in [-0.39, 0.29) is 0 Å². The molecule has 0 saturated carbocycles. The summed E-state index contributed by atoms with van der Waals surface area (Å²) in [6.07, 6.45) is 1.75. The molecule has 0 aliphatic carbocycles. The predicted octanol–water partition coefficient (Wildman–Crippen LogP) is 1.00. The summed E-state index contributed by atoms with van der Waals surface area (Å²) >= 11 is 0. The number of likely N-dealkylation sites (N-methyl/N-ethyl adjacent to an activating group) is 1. The van der Waals surface area contributed by atoms with Gasteiger partial charge in [-0.15, -0.1) is 0 Å². The van der Waals surface area contributed by atoms with E-state index in [1.54, 1.807) is 6.26 Å². The van der Waals surface area contributed by atoms with Crippen LogP contribution in [0.5, 0.6) is 0 Å². The minimum atomic E-state index is 0.554. The van der Waals surface area contributed by atoms with Gasteiger partial charge in [0, 0.05) is 31.7 Å². The molecule has 1 aliphatic heterocycles. The zero-order valence-corrected chi connectivity index (χ0v) is 11.0. The maximum absolute atomic E-state index is 5.46. The molecule has 0 amide bonds. The Morgan fingerprint density at radius 1 is 1.47 bits per heavy atom. The van der Waals surface area contributed by atoms with E-state index >= 15 is 0 Å². The van der Waals surface area contributed by atoms with Crippen LogP contribution >= 0.6 is 0 Å². The number of rotatable bonds is 4. The second-order valence-corrected chi connectivity index (χ2v) is 5.18. The third-order valence-corrected chi connectivity index (χ3v) is 3.35. The van der Waals surface area contributed by atoms with Crippen LogP contribution in [-0.2, 0) is 6.54 Å². The largest absolute Gasteiger partial charge is 0.468 e. The van der Waals surface area contributed by atoms with Crippen LogP contribution in [0.1, 0.15) is 12.7 Å². The summed E-state index contributed by atoms with van der Waals surface area (Å²) in [7, 11) is 4.26. The monoisotopic (exact) mass is 237 g/mol. The molecule has 0 bridgehead atoms. The summed E-state index contributed by atoms with van der Waals surface area (Å²) in [5.74, 6) is 1.06. The van der Waals surface area contributed by atoms with Crippen LogP contribution in [0.3, 0.4) is 0 Å². The Morgan fingerprint density at radius 3 is 2.94 bits per heavy atom. The van der Waals surface area contributed by atoms with Crippen LogP contribution in [0.4, 0.5) is 0 Å². The molecule has 17 heavy (non-hydrogen) atoms. The first-order chi connectivity index (χ1) is 8.16. The molecular weight excluding hydrogens is 214 g/mol. The van der Waals surface area contributed by atoms with Crippen LogP contribution in [-0.4, -0.2) is 55.6 Å². The van der Waals surface area contributed by atoms with E-state index in [9.17, 15) is 0 Å². The summed E-state index contributed by atoms with van der Waals surface area (Å²) in [5, 5.41) is 3.50. The number of hydrogen-bond acceptors (Lipinski definition) is 4. The lowest BCUT2D eigenvalue weighted by Gasteiger charge is -2.41. The Labute approximate surface area is 104 Å². The minimum Gasteiger partial charge on any atom is -0.468 e. The minimum absolute atomic E-state index is 0.554. The average Bonchev–Trinajstić information content (AvgIpc) is 2.75. The van der Waals surface area contributed by atoms with Crippen LogP contribution in [0.15, 0.2) is 22.8 Å². The fourth-order valence-corrected chi connectivity index (χ4v) is 2.51. The molecule has 96 valence electrons. The molecule has 0 radical (unpaired) electrons. The van der Waals surface area contributed by atoms with Gasteiger partial charge >= 0.3 is 0 Å². The van der Waals surface area contributed by atoms with Gasteiger partial charge in [-0.2, -0.15) is 0 Å². The highest BCUT2D eigenvalue weighted by Gasteiger charge is 2.28. The van der Waals surface area contributed by atoms with Crippen molar-refractivity contribution in [2.24, 2.45) is 0 Å². The zero-order valence-electron chi connectivity index (χ0n) is 11.0. The Morgan fingerprint density at radius 2 is 2.29 bits per heavy atom. The molecule has 2 atom stereocenters. The predicted molar refractivity (Wildman–Crippen MR) is 68.9 cm³/mol. The topological polar surface area (TPSA) is 31.6 Å². The van der Waals surface area contributed by atoms with Gasteiger partial charge in [0.2, 0.25) is 0 Å². The molecule has 1 N–H and O–H groups in total. The van der Waals surface area contributed by atoms with E-state index in [0.29, 0.717) is 12.1 Å². The fourth-order valence-electron chi connectivity index (χ4n) is 2.51. The molecule has 2 heterocycles. The van der Waals surface area contributed by atoms with E-state index < -0.39 is 0 Å². The molecule has 1 aromatic heterocycles. The maximum Gasteiger partial charge on any atom is 0.117 e. The van der Waals surface area contributed by atoms with Gasteiger partial charge in [0.05, 0.1) is 12.8 Å². The van der Waals surface area contributed by atoms with Gasteiger partial charge < -0.3 is 14.6 Å². The Balaban J connectivity index is 2.02. The molecule has 1 fully saturated rings. The van der Waals surface area contributed by atoms with Gasteiger partial charge in [0.15, 0.2) is 0 Å². The van der Waals surface area contributed by atoms with Gasteiger partial charge in [0.1, 0.15) is 5.76 Å². The molecule has 0 spiro atoms. The lowest BCUT2D eigenvalue weighted by molar-refractivity contribution is 0.0728. The van der Waals surface area contributed by atoms with Crippen LogP contribution in [0, 0.1) is 0 Å². The first-order valence-corrected chi connectivity index (χ1v) is 6.30. The Hall–Kier alpha value is -0.840. The molecule has 4 nitrogen and oxygen atoms in total. The Bertz CT molecular complexity index is 323. The molecule has 0 aromatic carbocycles. The van der Waals surface area contributed by atoms with Crippen molar-refractivity contribution in [3.05, 3.63) is 24.2 Å². The van der Waals surface area contributed by atoms with E-state index in [1.807, 2.05) is 6.07 Å². The summed E-state index contributed by atoms with van der Waals surface area (Å²) in [6.45, 7) is 6.39. The van der Waals surface area contributed by atoms with Crippen LogP contribution in [0.2, 0.25) is 0 Å². The van der Waals surface area contributed by atoms with Gasteiger partial charge in [-0.25, -0.2) is 0 Å². The first kappa shape index (κ1) is 12.6. The zero-order chi connectivity index (χ0) is 12.3. The number of nitrogens with one attached hydrogen (secondary N) is 1. The second-order valence-electron chi connectivity index (χ2n) is 5.18. The highest BCUT2D eigenvalue weighted by atomic mass is 16.3. The summed E-state index contributed by atoms with van der Waals surface area (Å²) in [5.41, 5.74) is 0. The molecule has 1 aromatic rings. The van der Waals surface area contributed by atoms with Gasteiger partial charge in [-0.1, -0.05) is 0 Å². The third-order valence-electron chi connectivity index (χ3n) is 3.35. The quantitative estimate of drug-likeness (QED) is 0.847. The lowest BCUT2D eigenvalue weighted by atomic mass is 10.1. The highest BCUT2D eigenvalue weighted by molar-refractivity contribution is 5.00. The normalized spacial score (nSPS) is 26.6. The van der Waals surface area contributed by atoms with E-state index in [1.165, 1.54) is 0 Å². The third kappa shape index (κ3) is 3.31. The average molecular weight is 237 g/mol. The summed E-state index contributed by atoms with van der Waals surface area (Å²) in [6, 6.07) is 5.13. The summed E-state index contributed by atoms with van der Waals surface area (Å²) < 4.78 is 5.46. The number of piperazine rings is 1. The van der Waals surface area contributed by atoms with Crippen molar-refractivity contribution in [1.82, 2.24) is 15.1 Å². The van der Waals surface area contributed by atoms with Gasteiger partial charge in [-0.05, 0) is 33.2 Å². The molecule has 4 heteroatoms. The van der Waals surface area contributed by atoms with Crippen molar-refractivity contribution in [2.45, 2.75) is 25.6 Å². The fraction of sp³-hybridized carbons (Fsp3) is 0.692. The standard InChI is InChI=1S/C13H23N3O/c1-11-7-14-8-12(9-15(2)3)16(11)10-13-5-4-6-17-13/h4-6,11-12,14H,7-10H2,1-3H3. The van der Waals surface area contributed by atoms with Crippen molar-refractivity contribution >= 4 is 0 Å². The highest BCUT2D eigenvalue weighted by Crippen LogP contribution is 2.15. The van der Waals surface area contributed by atoms with Gasteiger partial charge in [-0.3, -0.25) is 4.90 Å². The maximum atomic E-state index is 5.46. The Kier molecular flexibility index (Phi) is 4.20.